The second-order valence-corrected chi connectivity index (χ2v) is 7.33. The maximum Gasteiger partial charge on any atom is 0.227 e. The third kappa shape index (κ3) is 5.15. The van der Waals surface area contributed by atoms with E-state index < -0.39 is 0 Å². The fourth-order valence-electron chi connectivity index (χ4n) is 3.36. The van der Waals surface area contributed by atoms with Crippen molar-refractivity contribution in [2.75, 3.05) is 44.5 Å². The molecule has 31 heavy (non-hydrogen) atoms. The van der Waals surface area contributed by atoms with Gasteiger partial charge in [-0.05, 0) is 36.7 Å². The molecule has 1 aliphatic heterocycles. The summed E-state index contributed by atoms with van der Waals surface area (Å²) in [6.45, 7) is 2.43. The van der Waals surface area contributed by atoms with E-state index in [2.05, 4.69) is 42.3 Å². The average Bonchev–Trinajstić information content (AvgIpc) is 2.77. The van der Waals surface area contributed by atoms with Crippen molar-refractivity contribution in [3.63, 3.8) is 0 Å². The standard InChI is InChI=1S/C23H24N6O2/c1-24-23-20-14-26-21-12-19(20)17(13-27-23)3-4-18-11-16(5-7-25-18)15-29(2)8-10-31-9-6-22(30)28-21/h5,7,11-14H,6,8-10,15H2,1-2H3,(H,24,27)(H,26,28,30). The van der Waals surface area contributed by atoms with Gasteiger partial charge in [-0.15, -0.1) is 0 Å². The number of amides is 1. The summed E-state index contributed by atoms with van der Waals surface area (Å²) in [5.41, 5.74) is 2.56. The number of aromatic nitrogens is 3. The first-order valence-corrected chi connectivity index (χ1v) is 10.1. The van der Waals surface area contributed by atoms with Crippen LogP contribution in [0.4, 0.5) is 11.6 Å². The first kappa shape index (κ1) is 20.7. The molecule has 3 aromatic heterocycles. The highest BCUT2D eigenvalue weighted by Crippen LogP contribution is 2.25. The number of nitrogens with zero attached hydrogens (tertiary/aromatic N) is 4. The summed E-state index contributed by atoms with van der Waals surface area (Å²) in [4.78, 5) is 27.7. The van der Waals surface area contributed by atoms with Crippen LogP contribution in [0, 0.1) is 11.8 Å². The van der Waals surface area contributed by atoms with E-state index in [-0.39, 0.29) is 12.3 Å². The van der Waals surface area contributed by atoms with E-state index in [0.717, 1.165) is 35.0 Å². The summed E-state index contributed by atoms with van der Waals surface area (Å²) in [7, 11) is 3.84. The molecule has 8 nitrogen and oxygen atoms in total. The molecule has 2 N–H and O–H groups in total. The summed E-state index contributed by atoms with van der Waals surface area (Å²) in [6.07, 6.45) is 5.46. The number of fused-ring (bicyclic) bond motifs is 3. The molecule has 0 spiro atoms. The van der Waals surface area contributed by atoms with Gasteiger partial charge < -0.3 is 15.4 Å². The molecule has 4 bridgehead atoms. The molecule has 4 rings (SSSR count). The second kappa shape index (κ2) is 9.51. The Labute approximate surface area is 181 Å². The van der Waals surface area contributed by atoms with Crippen LogP contribution in [-0.4, -0.2) is 59.6 Å². The lowest BCUT2D eigenvalue weighted by Crippen LogP contribution is -2.23. The number of nitrogens with one attached hydrogen (secondary N) is 2. The van der Waals surface area contributed by atoms with Crippen LogP contribution < -0.4 is 10.6 Å². The Morgan fingerprint density at radius 1 is 1.13 bits per heavy atom. The van der Waals surface area contributed by atoms with Gasteiger partial charge in [0.25, 0.3) is 0 Å². The molecule has 0 atom stereocenters. The Kier molecular flexibility index (Phi) is 6.36. The highest BCUT2D eigenvalue weighted by molar-refractivity contribution is 5.98. The van der Waals surface area contributed by atoms with Gasteiger partial charge in [-0.1, -0.05) is 5.92 Å². The lowest BCUT2D eigenvalue weighted by atomic mass is 10.1. The molecule has 0 aromatic carbocycles. The van der Waals surface area contributed by atoms with Crippen LogP contribution >= 0.6 is 0 Å². The number of carbonyl (C=O) groups excluding carboxylic acids is 1. The van der Waals surface area contributed by atoms with Gasteiger partial charge in [0, 0.05) is 49.5 Å². The van der Waals surface area contributed by atoms with E-state index in [1.54, 1.807) is 25.6 Å². The molecule has 8 heteroatoms. The average molecular weight is 416 g/mol. The number of hydrogen-bond acceptors (Lipinski definition) is 7. The summed E-state index contributed by atoms with van der Waals surface area (Å²) < 4.78 is 5.63. The van der Waals surface area contributed by atoms with E-state index in [9.17, 15) is 4.79 Å². The quantitative estimate of drug-likeness (QED) is 0.588. The summed E-state index contributed by atoms with van der Waals surface area (Å²) in [5.74, 6) is 7.36. The number of pyridine rings is 3. The zero-order valence-corrected chi connectivity index (χ0v) is 17.6. The SMILES string of the molecule is CNc1ncc2c3cc(ncc13)NC(=O)CCOCCN(C)Cc1ccnc(c1)C#C2. The molecule has 3 aromatic rings. The fraction of sp³-hybridized carbons (Fsp3) is 0.304. The zero-order chi connectivity index (χ0) is 21.6. The van der Waals surface area contributed by atoms with Gasteiger partial charge in [0.15, 0.2) is 0 Å². The van der Waals surface area contributed by atoms with Crippen LogP contribution in [0.3, 0.4) is 0 Å². The van der Waals surface area contributed by atoms with Crippen molar-refractivity contribution in [1.82, 2.24) is 19.9 Å². The predicted octanol–water partition coefficient (Wildman–Crippen LogP) is 2.26. The number of anilines is 2. The van der Waals surface area contributed by atoms with Gasteiger partial charge in [0.1, 0.15) is 17.3 Å². The Balaban J connectivity index is 1.78. The highest BCUT2D eigenvalue weighted by atomic mass is 16.5. The molecule has 0 radical (unpaired) electrons. The van der Waals surface area contributed by atoms with Crippen molar-refractivity contribution < 1.29 is 9.53 Å². The van der Waals surface area contributed by atoms with Crippen molar-refractivity contribution >= 4 is 28.3 Å². The van der Waals surface area contributed by atoms with Crippen LogP contribution in [0.15, 0.2) is 36.8 Å². The summed E-state index contributed by atoms with van der Waals surface area (Å²) in [6, 6.07) is 5.81. The molecular weight excluding hydrogens is 392 g/mol. The van der Waals surface area contributed by atoms with Gasteiger partial charge in [-0.2, -0.15) is 0 Å². The van der Waals surface area contributed by atoms with Gasteiger partial charge in [-0.25, -0.2) is 15.0 Å². The Morgan fingerprint density at radius 2 is 2.03 bits per heavy atom. The van der Waals surface area contributed by atoms with Gasteiger partial charge in [-0.3, -0.25) is 9.69 Å². The molecule has 0 fully saturated rings. The maximum absolute atomic E-state index is 12.3. The van der Waals surface area contributed by atoms with Crippen LogP contribution in [0.2, 0.25) is 0 Å². The molecule has 0 unspecified atom stereocenters. The lowest BCUT2D eigenvalue weighted by Gasteiger charge is -2.16. The topological polar surface area (TPSA) is 92.3 Å². The number of rotatable bonds is 1. The minimum absolute atomic E-state index is 0.143. The van der Waals surface area contributed by atoms with Gasteiger partial charge in [0.2, 0.25) is 5.91 Å². The number of ether oxygens (including phenoxy) is 1. The van der Waals surface area contributed by atoms with Crippen molar-refractivity contribution in [2.45, 2.75) is 13.0 Å². The fourth-order valence-corrected chi connectivity index (χ4v) is 3.36. The molecule has 1 aliphatic rings. The van der Waals surface area contributed by atoms with E-state index in [0.29, 0.717) is 30.5 Å². The molecule has 4 heterocycles. The van der Waals surface area contributed by atoms with E-state index in [4.69, 9.17) is 4.74 Å². The van der Waals surface area contributed by atoms with E-state index in [1.807, 2.05) is 25.2 Å². The van der Waals surface area contributed by atoms with Crippen molar-refractivity contribution in [1.29, 1.82) is 0 Å². The normalized spacial score (nSPS) is 15.5. The van der Waals surface area contributed by atoms with Gasteiger partial charge in [0.05, 0.1) is 25.2 Å². The molecule has 0 saturated heterocycles. The summed E-state index contributed by atoms with van der Waals surface area (Å²) >= 11 is 0. The maximum atomic E-state index is 12.3. The molecule has 0 aliphatic carbocycles. The monoisotopic (exact) mass is 416 g/mol. The number of hydrogen-bond donors (Lipinski definition) is 2. The van der Waals surface area contributed by atoms with Crippen LogP contribution in [0.5, 0.6) is 0 Å². The predicted molar refractivity (Wildman–Crippen MR) is 120 cm³/mol. The van der Waals surface area contributed by atoms with Crippen LogP contribution in [0.1, 0.15) is 23.2 Å². The second-order valence-electron chi connectivity index (χ2n) is 7.33. The Morgan fingerprint density at radius 3 is 2.90 bits per heavy atom. The highest BCUT2D eigenvalue weighted by Gasteiger charge is 2.10. The number of carbonyl (C=O) groups is 1. The van der Waals surface area contributed by atoms with E-state index >= 15 is 0 Å². The summed E-state index contributed by atoms with van der Waals surface area (Å²) in [5, 5.41) is 7.59. The largest absolute Gasteiger partial charge is 0.380 e. The van der Waals surface area contributed by atoms with E-state index in [1.165, 1.54) is 0 Å². The Bertz CT molecular complexity index is 1170. The van der Waals surface area contributed by atoms with Crippen molar-refractivity contribution in [3.8, 4) is 11.8 Å². The number of likely N-dealkylation sites (N-methyl/N-ethyl adjacent to an activating group) is 1. The zero-order valence-electron chi connectivity index (χ0n) is 17.6. The third-order valence-electron chi connectivity index (χ3n) is 4.97. The lowest BCUT2D eigenvalue weighted by molar-refractivity contribution is -0.117. The van der Waals surface area contributed by atoms with Crippen molar-refractivity contribution in [3.05, 3.63) is 53.6 Å². The van der Waals surface area contributed by atoms with Crippen LogP contribution in [0.25, 0.3) is 10.8 Å². The molecule has 1 amide bonds. The first-order valence-electron chi connectivity index (χ1n) is 10.1. The first-order chi connectivity index (χ1) is 15.1. The van der Waals surface area contributed by atoms with Crippen LogP contribution in [-0.2, 0) is 16.1 Å². The molecule has 0 saturated carbocycles. The van der Waals surface area contributed by atoms with Gasteiger partial charge >= 0.3 is 0 Å². The minimum atomic E-state index is -0.143. The third-order valence-corrected chi connectivity index (χ3v) is 4.97. The smallest absolute Gasteiger partial charge is 0.227 e. The van der Waals surface area contributed by atoms with Crippen molar-refractivity contribution in [2.24, 2.45) is 0 Å². The minimum Gasteiger partial charge on any atom is -0.380 e. The Hall–Kier alpha value is -3.54. The molecule has 158 valence electrons. The molecular formula is C23H24N6O2.